The molecule has 0 fully saturated rings. The summed E-state index contributed by atoms with van der Waals surface area (Å²) >= 11 is 0. The van der Waals surface area contributed by atoms with Crippen LogP contribution in [0.2, 0.25) is 0 Å². The summed E-state index contributed by atoms with van der Waals surface area (Å²) in [5, 5.41) is 9.67. The molecule has 0 atom stereocenters. The van der Waals surface area contributed by atoms with Gasteiger partial charge in [0.25, 0.3) is 0 Å². The van der Waals surface area contributed by atoms with Crippen molar-refractivity contribution < 1.29 is 4.42 Å². The molecule has 0 saturated heterocycles. The molecule has 0 aliphatic heterocycles. The third kappa shape index (κ3) is 5.34. The van der Waals surface area contributed by atoms with Crippen molar-refractivity contribution >= 4 is 54.3 Å². The molecule has 4 heteroatoms. The highest BCUT2D eigenvalue weighted by molar-refractivity contribution is 6.26. The van der Waals surface area contributed by atoms with E-state index in [1.165, 1.54) is 43.4 Å². The number of hydrogen-bond donors (Lipinski definition) is 0. The maximum atomic E-state index is 6.14. The van der Waals surface area contributed by atoms with Crippen LogP contribution in [0.3, 0.4) is 0 Å². The Balaban J connectivity index is 1.05. The Morgan fingerprint density at radius 2 is 0.636 bits per heavy atom. The number of fused-ring (bicyclic) bond motifs is 9. The molecule has 0 aliphatic carbocycles. The van der Waals surface area contributed by atoms with Gasteiger partial charge >= 0.3 is 0 Å². The summed E-state index contributed by atoms with van der Waals surface area (Å²) in [5.74, 6) is 1.94. The highest BCUT2D eigenvalue weighted by Gasteiger charge is 2.15. The Labute approximate surface area is 317 Å². The Morgan fingerprint density at radius 3 is 1.27 bits per heavy atom. The third-order valence-electron chi connectivity index (χ3n) is 10.7. The van der Waals surface area contributed by atoms with E-state index < -0.39 is 0 Å². The van der Waals surface area contributed by atoms with Crippen molar-refractivity contribution in [2.24, 2.45) is 0 Å². The largest absolute Gasteiger partial charge is 0.456 e. The summed E-state index contributed by atoms with van der Waals surface area (Å²) in [6.07, 6.45) is 0. The zero-order chi connectivity index (χ0) is 36.3. The molecule has 9 aromatic carbocycles. The Morgan fingerprint density at radius 1 is 0.236 bits per heavy atom. The molecule has 2 aromatic heterocycles. The van der Waals surface area contributed by atoms with Gasteiger partial charge in [-0.25, -0.2) is 15.0 Å². The molecule has 0 spiro atoms. The third-order valence-corrected chi connectivity index (χ3v) is 10.7. The topological polar surface area (TPSA) is 51.8 Å². The van der Waals surface area contributed by atoms with E-state index in [0.717, 1.165) is 49.8 Å². The summed E-state index contributed by atoms with van der Waals surface area (Å²) in [6, 6.07) is 66.0. The first-order chi connectivity index (χ1) is 27.2. The van der Waals surface area contributed by atoms with Gasteiger partial charge in [0.1, 0.15) is 11.2 Å². The minimum Gasteiger partial charge on any atom is -0.456 e. The van der Waals surface area contributed by atoms with E-state index in [0.29, 0.717) is 17.5 Å². The Hall–Kier alpha value is -7.43. The molecule has 0 amide bonds. The summed E-state index contributed by atoms with van der Waals surface area (Å²) in [4.78, 5) is 14.9. The number of rotatable bonds is 5. The van der Waals surface area contributed by atoms with Crippen LogP contribution < -0.4 is 0 Å². The van der Waals surface area contributed by atoms with Crippen LogP contribution in [0.25, 0.3) is 111 Å². The normalized spacial score (nSPS) is 11.6. The van der Waals surface area contributed by atoms with Crippen molar-refractivity contribution in [3.63, 3.8) is 0 Å². The van der Waals surface area contributed by atoms with Crippen LogP contribution in [0.5, 0.6) is 0 Å². The maximum Gasteiger partial charge on any atom is 0.164 e. The standard InChI is InChI=1S/C51H31N3O/c1-3-12-32(13-4-1)49-52-50(33-14-5-2-6-15-33)54-51(53-49)38-17-11-16-34(28-38)35-23-26-42-44(29-35)40-19-8-7-18-39(40)41-25-22-36(30-45(41)42)37-24-27-48-46(31-37)43-20-9-10-21-47(43)55-48/h1-31H. The van der Waals surface area contributed by atoms with E-state index in [4.69, 9.17) is 19.4 Å². The average Bonchev–Trinajstić information content (AvgIpc) is 3.65. The fourth-order valence-electron chi connectivity index (χ4n) is 8.00. The fraction of sp³-hybridized carbons (Fsp3) is 0. The van der Waals surface area contributed by atoms with E-state index in [1.807, 2.05) is 72.8 Å². The molecule has 256 valence electrons. The van der Waals surface area contributed by atoms with Crippen LogP contribution in [-0.2, 0) is 0 Å². The van der Waals surface area contributed by atoms with Crippen LogP contribution in [0.4, 0.5) is 0 Å². The molecular weight excluding hydrogens is 671 g/mol. The zero-order valence-corrected chi connectivity index (χ0v) is 29.6. The molecule has 11 rings (SSSR count). The number of benzene rings is 9. The van der Waals surface area contributed by atoms with E-state index in [9.17, 15) is 0 Å². The van der Waals surface area contributed by atoms with Crippen molar-refractivity contribution in [1.82, 2.24) is 15.0 Å². The molecule has 0 unspecified atom stereocenters. The minimum atomic E-state index is 0.640. The summed E-state index contributed by atoms with van der Waals surface area (Å²) in [7, 11) is 0. The van der Waals surface area contributed by atoms with Gasteiger partial charge in [0.15, 0.2) is 17.5 Å². The molecular formula is C51H31N3O. The van der Waals surface area contributed by atoms with Gasteiger partial charge in [0.2, 0.25) is 0 Å². The van der Waals surface area contributed by atoms with Gasteiger partial charge in [-0.1, -0.05) is 152 Å². The number of aromatic nitrogens is 3. The fourth-order valence-corrected chi connectivity index (χ4v) is 8.00. The van der Waals surface area contributed by atoms with Crippen LogP contribution in [0, 0.1) is 0 Å². The van der Waals surface area contributed by atoms with Crippen molar-refractivity contribution in [3.05, 3.63) is 188 Å². The van der Waals surface area contributed by atoms with Crippen molar-refractivity contribution in [1.29, 1.82) is 0 Å². The molecule has 0 bridgehead atoms. The second kappa shape index (κ2) is 12.6. The molecule has 0 aliphatic rings. The zero-order valence-electron chi connectivity index (χ0n) is 29.6. The second-order valence-electron chi connectivity index (χ2n) is 14.0. The van der Waals surface area contributed by atoms with E-state index in [1.54, 1.807) is 0 Å². The van der Waals surface area contributed by atoms with Gasteiger partial charge in [0.05, 0.1) is 0 Å². The first kappa shape index (κ1) is 31.1. The lowest BCUT2D eigenvalue weighted by atomic mass is 9.90. The van der Waals surface area contributed by atoms with Crippen LogP contribution in [0.15, 0.2) is 192 Å². The smallest absolute Gasteiger partial charge is 0.164 e. The number of hydrogen-bond acceptors (Lipinski definition) is 4. The van der Waals surface area contributed by atoms with Gasteiger partial charge < -0.3 is 4.42 Å². The lowest BCUT2D eigenvalue weighted by molar-refractivity contribution is 0.669. The number of nitrogens with zero attached hydrogens (tertiary/aromatic N) is 3. The van der Waals surface area contributed by atoms with E-state index in [-0.39, 0.29) is 0 Å². The quantitative estimate of drug-likeness (QED) is 0.168. The predicted octanol–water partition coefficient (Wildman–Crippen LogP) is 13.6. The monoisotopic (exact) mass is 701 g/mol. The Kier molecular flexibility index (Phi) is 7.14. The number of para-hydroxylation sites is 1. The van der Waals surface area contributed by atoms with E-state index >= 15 is 0 Å². The average molecular weight is 702 g/mol. The van der Waals surface area contributed by atoms with Crippen LogP contribution in [0.1, 0.15) is 0 Å². The molecule has 0 radical (unpaired) electrons. The van der Waals surface area contributed by atoms with Crippen LogP contribution in [-0.4, -0.2) is 15.0 Å². The lowest BCUT2D eigenvalue weighted by Gasteiger charge is -2.14. The van der Waals surface area contributed by atoms with Gasteiger partial charge in [-0.05, 0) is 91.0 Å². The predicted molar refractivity (Wildman–Crippen MR) is 227 cm³/mol. The molecule has 11 aromatic rings. The molecule has 0 N–H and O–H groups in total. The number of furan rings is 1. The molecule has 2 heterocycles. The van der Waals surface area contributed by atoms with Crippen molar-refractivity contribution in [2.45, 2.75) is 0 Å². The van der Waals surface area contributed by atoms with E-state index in [2.05, 4.69) is 115 Å². The summed E-state index contributed by atoms with van der Waals surface area (Å²) in [6.45, 7) is 0. The molecule has 0 saturated carbocycles. The minimum absolute atomic E-state index is 0.640. The SMILES string of the molecule is c1ccc(-c2nc(-c3ccccc3)nc(-c3cccc(-c4ccc5c(c4)c4ccccc4c4ccc(-c6ccc7oc8ccccc8c7c6)cc45)c3)n2)cc1. The molecule has 55 heavy (non-hydrogen) atoms. The van der Waals surface area contributed by atoms with Gasteiger partial charge in [-0.15, -0.1) is 0 Å². The highest BCUT2D eigenvalue weighted by atomic mass is 16.3. The second-order valence-corrected chi connectivity index (χ2v) is 14.0. The first-order valence-corrected chi connectivity index (χ1v) is 18.5. The van der Waals surface area contributed by atoms with Gasteiger partial charge in [-0.2, -0.15) is 0 Å². The first-order valence-electron chi connectivity index (χ1n) is 18.5. The summed E-state index contributed by atoms with van der Waals surface area (Å²) in [5.41, 5.74) is 9.23. The highest BCUT2D eigenvalue weighted by Crippen LogP contribution is 2.40. The van der Waals surface area contributed by atoms with Crippen molar-refractivity contribution in [2.75, 3.05) is 0 Å². The Bertz CT molecular complexity index is 3200. The van der Waals surface area contributed by atoms with Gasteiger partial charge in [0, 0.05) is 27.5 Å². The van der Waals surface area contributed by atoms with Crippen molar-refractivity contribution in [3.8, 4) is 56.4 Å². The van der Waals surface area contributed by atoms with Gasteiger partial charge in [-0.3, -0.25) is 0 Å². The molecule has 4 nitrogen and oxygen atoms in total. The lowest BCUT2D eigenvalue weighted by Crippen LogP contribution is -2.00. The van der Waals surface area contributed by atoms with Crippen LogP contribution >= 0.6 is 0 Å². The maximum absolute atomic E-state index is 6.14. The summed E-state index contributed by atoms with van der Waals surface area (Å²) < 4.78 is 6.14.